The van der Waals surface area contributed by atoms with Gasteiger partial charge in [0.05, 0.1) is 19.8 Å². The number of hydrogen-bond acceptors (Lipinski definition) is 6. The molecule has 0 aliphatic heterocycles. The van der Waals surface area contributed by atoms with E-state index < -0.39 is 11.8 Å². The summed E-state index contributed by atoms with van der Waals surface area (Å²) in [6.07, 6.45) is 2.79. The summed E-state index contributed by atoms with van der Waals surface area (Å²) in [7, 11) is 2.98. The smallest absolute Gasteiger partial charge is 0.272 e. The lowest BCUT2D eigenvalue weighted by molar-refractivity contribution is 0.0846. The Morgan fingerprint density at radius 2 is 1.39 bits per heavy atom. The minimum absolute atomic E-state index is 0.215. The Morgan fingerprint density at radius 3 is 2.00 bits per heavy atom. The van der Waals surface area contributed by atoms with Gasteiger partial charge in [0.15, 0.2) is 17.3 Å². The molecule has 0 radical (unpaired) electrons. The molecule has 0 saturated carbocycles. The summed E-state index contributed by atoms with van der Waals surface area (Å²) in [4.78, 5) is 32.8. The van der Waals surface area contributed by atoms with E-state index in [0.717, 1.165) is 5.56 Å². The number of hydrogen-bond donors (Lipinski definition) is 2. The lowest BCUT2D eigenvalue weighted by Crippen LogP contribution is -2.41. The van der Waals surface area contributed by atoms with E-state index >= 15 is 0 Å². The van der Waals surface area contributed by atoms with Crippen molar-refractivity contribution >= 4 is 11.8 Å². The van der Waals surface area contributed by atoms with E-state index in [2.05, 4.69) is 20.8 Å². The van der Waals surface area contributed by atoms with E-state index in [-0.39, 0.29) is 5.56 Å². The van der Waals surface area contributed by atoms with E-state index in [1.165, 1.54) is 32.7 Å². The number of ether oxygens (including phenoxy) is 2. The molecule has 2 amide bonds. The van der Waals surface area contributed by atoms with Crippen molar-refractivity contribution in [3.05, 3.63) is 72.1 Å². The molecule has 28 heavy (non-hydrogen) atoms. The van der Waals surface area contributed by atoms with Crippen molar-refractivity contribution in [3.8, 4) is 22.9 Å². The maximum Gasteiger partial charge on any atom is 0.272 e. The van der Waals surface area contributed by atoms with Gasteiger partial charge in [0.1, 0.15) is 0 Å². The molecule has 0 unspecified atom stereocenters. The molecule has 142 valence electrons. The van der Waals surface area contributed by atoms with Crippen LogP contribution in [0.4, 0.5) is 0 Å². The third-order valence-electron chi connectivity index (χ3n) is 3.88. The molecule has 3 rings (SSSR count). The van der Waals surface area contributed by atoms with Crippen molar-refractivity contribution in [1.29, 1.82) is 0 Å². The number of nitrogens with one attached hydrogen (secondary N) is 2. The number of aromatic nitrogens is 2. The second-order valence-corrected chi connectivity index (χ2v) is 5.64. The first-order chi connectivity index (χ1) is 13.6. The summed E-state index contributed by atoms with van der Waals surface area (Å²) in [6.45, 7) is 0. The predicted octanol–water partition coefficient (Wildman–Crippen LogP) is 2.24. The first-order valence-electron chi connectivity index (χ1n) is 8.32. The van der Waals surface area contributed by atoms with Crippen molar-refractivity contribution in [2.75, 3.05) is 14.2 Å². The first-order valence-corrected chi connectivity index (χ1v) is 8.32. The number of hydrazine groups is 1. The van der Waals surface area contributed by atoms with Crippen LogP contribution in [0, 0.1) is 0 Å². The van der Waals surface area contributed by atoms with Crippen LogP contribution in [0.2, 0.25) is 0 Å². The van der Waals surface area contributed by atoms with E-state index in [9.17, 15) is 9.59 Å². The zero-order chi connectivity index (χ0) is 19.9. The molecule has 0 bridgehead atoms. The van der Waals surface area contributed by atoms with Crippen LogP contribution in [0.3, 0.4) is 0 Å². The monoisotopic (exact) mass is 378 g/mol. The Morgan fingerprint density at radius 1 is 0.786 bits per heavy atom. The summed E-state index contributed by atoms with van der Waals surface area (Å²) >= 11 is 0. The van der Waals surface area contributed by atoms with Gasteiger partial charge in [-0.05, 0) is 18.2 Å². The number of methoxy groups -OCH3 is 2. The van der Waals surface area contributed by atoms with E-state index in [1.807, 2.05) is 30.3 Å². The van der Waals surface area contributed by atoms with E-state index in [4.69, 9.17) is 9.47 Å². The minimum atomic E-state index is -0.534. The molecule has 0 saturated heterocycles. The maximum atomic E-state index is 12.2. The van der Waals surface area contributed by atoms with Crippen LogP contribution >= 0.6 is 0 Å². The highest BCUT2D eigenvalue weighted by atomic mass is 16.5. The minimum Gasteiger partial charge on any atom is -0.493 e. The van der Waals surface area contributed by atoms with Crippen molar-refractivity contribution in [3.63, 3.8) is 0 Å². The third kappa shape index (κ3) is 4.24. The number of benzene rings is 2. The lowest BCUT2D eigenvalue weighted by atomic mass is 10.2. The van der Waals surface area contributed by atoms with Crippen LogP contribution in [-0.2, 0) is 0 Å². The summed E-state index contributed by atoms with van der Waals surface area (Å²) in [5.74, 6) is 0.376. The molecule has 8 heteroatoms. The third-order valence-corrected chi connectivity index (χ3v) is 3.88. The number of nitrogens with zero attached hydrogens (tertiary/aromatic N) is 2. The molecule has 0 aliphatic carbocycles. The molecule has 2 N–H and O–H groups in total. The highest BCUT2D eigenvalue weighted by Gasteiger charge is 2.13. The molecule has 8 nitrogen and oxygen atoms in total. The molecule has 1 heterocycles. The van der Waals surface area contributed by atoms with Gasteiger partial charge in [-0.15, -0.1) is 0 Å². The van der Waals surface area contributed by atoms with Gasteiger partial charge in [-0.25, -0.2) is 9.97 Å². The van der Waals surface area contributed by atoms with E-state index in [1.54, 1.807) is 12.1 Å². The molecule has 3 aromatic rings. The molecule has 0 fully saturated rings. The standard InChI is InChI=1S/C20H18N4O4/c1-27-16-9-8-14(10-17(16)28-2)19(25)23-24-20(26)15-11-21-18(22-12-15)13-6-4-3-5-7-13/h3-12H,1-2H3,(H,23,25)(H,24,26). The van der Waals surface area contributed by atoms with Gasteiger partial charge in [0.25, 0.3) is 11.8 Å². The second kappa shape index (κ2) is 8.63. The van der Waals surface area contributed by atoms with Crippen molar-refractivity contribution < 1.29 is 19.1 Å². The van der Waals surface area contributed by atoms with Gasteiger partial charge in [-0.2, -0.15) is 0 Å². The van der Waals surface area contributed by atoms with Gasteiger partial charge in [0.2, 0.25) is 0 Å². The average Bonchev–Trinajstić information content (AvgIpc) is 2.77. The molecule has 0 spiro atoms. The Hall–Kier alpha value is -3.94. The van der Waals surface area contributed by atoms with Gasteiger partial charge in [-0.1, -0.05) is 30.3 Å². The summed E-state index contributed by atoms with van der Waals surface area (Å²) in [5, 5.41) is 0. The van der Waals surface area contributed by atoms with Crippen molar-refractivity contribution in [1.82, 2.24) is 20.8 Å². The number of carbonyl (C=O) groups is 2. The predicted molar refractivity (Wildman–Crippen MR) is 102 cm³/mol. The highest BCUT2D eigenvalue weighted by molar-refractivity contribution is 5.99. The number of rotatable bonds is 5. The van der Waals surface area contributed by atoms with Gasteiger partial charge < -0.3 is 9.47 Å². The Bertz CT molecular complexity index is 975. The second-order valence-electron chi connectivity index (χ2n) is 5.64. The van der Waals surface area contributed by atoms with Crippen LogP contribution < -0.4 is 20.3 Å². The largest absolute Gasteiger partial charge is 0.493 e. The molecule has 0 aliphatic rings. The Kier molecular flexibility index (Phi) is 5.81. The van der Waals surface area contributed by atoms with Crippen LogP contribution in [0.1, 0.15) is 20.7 Å². The van der Waals surface area contributed by atoms with Crippen molar-refractivity contribution in [2.45, 2.75) is 0 Å². The maximum absolute atomic E-state index is 12.2. The van der Waals surface area contributed by atoms with Gasteiger partial charge >= 0.3 is 0 Å². The SMILES string of the molecule is COc1ccc(C(=O)NNC(=O)c2cnc(-c3ccccc3)nc2)cc1OC. The summed E-state index contributed by atoms with van der Waals surface area (Å²) in [5.41, 5.74) is 6.03. The molecular weight excluding hydrogens is 360 g/mol. The van der Waals surface area contributed by atoms with E-state index in [0.29, 0.717) is 22.9 Å². The fourth-order valence-corrected chi connectivity index (χ4v) is 2.42. The number of amides is 2. The molecule has 2 aromatic carbocycles. The highest BCUT2D eigenvalue weighted by Crippen LogP contribution is 2.27. The van der Waals surface area contributed by atoms with Crippen LogP contribution in [-0.4, -0.2) is 36.0 Å². The zero-order valence-electron chi connectivity index (χ0n) is 15.3. The summed E-state index contributed by atoms with van der Waals surface area (Å²) < 4.78 is 10.3. The van der Waals surface area contributed by atoms with Crippen LogP contribution in [0.15, 0.2) is 60.9 Å². The average molecular weight is 378 g/mol. The normalized spacial score (nSPS) is 10.1. The lowest BCUT2D eigenvalue weighted by Gasteiger charge is -2.10. The van der Waals surface area contributed by atoms with Crippen LogP contribution in [0.5, 0.6) is 11.5 Å². The van der Waals surface area contributed by atoms with Gasteiger partial charge in [-0.3, -0.25) is 20.4 Å². The molecule has 1 aromatic heterocycles. The van der Waals surface area contributed by atoms with Crippen molar-refractivity contribution in [2.24, 2.45) is 0 Å². The molecule has 0 atom stereocenters. The first kappa shape index (κ1) is 18.8. The van der Waals surface area contributed by atoms with Gasteiger partial charge in [0, 0.05) is 23.5 Å². The Labute approximate surface area is 161 Å². The molecular formula is C20H18N4O4. The number of carbonyl (C=O) groups excluding carboxylic acids is 2. The van der Waals surface area contributed by atoms with Crippen LogP contribution in [0.25, 0.3) is 11.4 Å². The summed E-state index contributed by atoms with van der Waals surface area (Å²) in [6, 6.07) is 14.1. The zero-order valence-corrected chi connectivity index (χ0v) is 15.3. The quantitative estimate of drug-likeness (QED) is 0.660. The topological polar surface area (TPSA) is 102 Å². The fraction of sp³-hybridized carbons (Fsp3) is 0.100. The fourth-order valence-electron chi connectivity index (χ4n) is 2.42. The Balaban J connectivity index is 1.63.